The van der Waals surface area contributed by atoms with Gasteiger partial charge in [-0.15, -0.1) is 0 Å². The second-order valence-electron chi connectivity index (χ2n) is 6.57. The van der Waals surface area contributed by atoms with Crippen LogP contribution in [0.2, 0.25) is 0 Å². The summed E-state index contributed by atoms with van der Waals surface area (Å²) < 4.78 is 14.3. The number of rotatable bonds is 5. The number of carbonyl (C=O) groups is 1. The van der Waals surface area contributed by atoms with Gasteiger partial charge in [-0.2, -0.15) is 5.10 Å². The first kappa shape index (κ1) is 18.4. The molecule has 0 radical (unpaired) electrons. The Morgan fingerprint density at radius 1 is 1.07 bits per heavy atom. The van der Waals surface area contributed by atoms with E-state index in [4.69, 9.17) is 0 Å². The molecule has 27 heavy (non-hydrogen) atoms. The van der Waals surface area contributed by atoms with E-state index in [0.717, 1.165) is 10.2 Å². The summed E-state index contributed by atoms with van der Waals surface area (Å²) in [7, 11) is 0. The van der Waals surface area contributed by atoms with Crippen molar-refractivity contribution in [1.82, 2.24) is 20.1 Å². The van der Waals surface area contributed by atoms with E-state index in [1.165, 1.54) is 18.2 Å². The molecule has 2 aromatic heterocycles. The van der Waals surface area contributed by atoms with E-state index in [1.807, 2.05) is 0 Å². The zero-order valence-electron chi connectivity index (χ0n) is 15.0. The van der Waals surface area contributed by atoms with Crippen LogP contribution in [-0.4, -0.2) is 20.7 Å². The SMILES string of the molecule is CC(C)(C(=O)NCc1ccncc1)n1nc(-c2ccc(F)cc2)ccc1=O. The first-order valence-corrected chi connectivity index (χ1v) is 8.42. The van der Waals surface area contributed by atoms with Crippen molar-refractivity contribution in [2.45, 2.75) is 25.9 Å². The Kier molecular flexibility index (Phi) is 5.12. The maximum atomic E-state index is 13.1. The minimum atomic E-state index is -1.21. The molecule has 0 bridgehead atoms. The molecule has 138 valence electrons. The number of amides is 1. The van der Waals surface area contributed by atoms with Gasteiger partial charge in [0.05, 0.1) is 5.69 Å². The van der Waals surface area contributed by atoms with E-state index >= 15 is 0 Å². The van der Waals surface area contributed by atoms with Crippen LogP contribution in [0.1, 0.15) is 19.4 Å². The molecule has 3 rings (SSSR count). The van der Waals surface area contributed by atoms with Crippen LogP contribution in [0.25, 0.3) is 11.3 Å². The number of hydrogen-bond acceptors (Lipinski definition) is 4. The molecule has 0 aliphatic heterocycles. The summed E-state index contributed by atoms with van der Waals surface area (Å²) in [5.41, 5.74) is 0.419. The summed E-state index contributed by atoms with van der Waals surface area (Å²) in [5.74, 6) is -0.701. The highest BCUT2D eigenvalue weighted by Crippen LogP contribution is 2.18. The molecular formula is C20H19FN4O2. The van der Waals surface area contributed by atoms with E-state index < -0.39 is 11.1 Å². The highest BCUT2D eigenvalue weighted by Gasteiger charge is 2.32. The molecule has 3 aromatic rings. The van der Waals surface area contributed by atoms with Crippen molar-refractivity contribution < 1.29 is 9.18 Å². The summed E-state index contributed by atoms with van der Waals surface area (Å²) in [4.78, 5) is 29.0. The molecule has 7 heteroatoms. The van der Waals surface area contributed by atoms with Crippen molar-refractivity contribution >= 4 is 5.91 Å². The standard InChI is InChI=1S/C20H19FN4O2/c1-20(2,19(27)23-13-14-9-11-22-12-10-14)25-18(26)8-7-17(24-25)15-3-5-16(21)6-4-15/h3-12H,13H2,1-2H3,(H,23,27). The van der Waals surface area contributed by atoms with Crippen LogP contribution in [0, 0.1) is 5.82 Å². The monoisotopic (exact) mass is 366 g/mol. The lowest BCUT2D eigenvalue weighted by Gasteiger charge is -2.25. The van der Waals surface area contributed by atoms with E-state index in [-0.39, 0.29) is 11.7 Å². The molecule has 0 spiro atoms. The molecular weight excluding hydrogens is 347 g/mol. The predicted molar refractivity (Wildman–Crippen MR) is 99.3 cm³/mol. The number of carbonyl (C=O) groups excluding carboxylic acids is 1. The number of halogens is 1. The quantitative estimate of drug-likeness (QED) is 0.753. The van der Waals surface area contributed by atoms with Crippen LogP contribution >= 0.6 is 0 Å². The van der Waals surface area contributed by atoms with E-state index in [2.05, 4.69) is 15.4 Å². The number of benzene rings is 1. The lowest BCUT2D eigenvalue weighted by atomic mass is 10.0. The molecule has 0 atom stereocenters. The minimum absolute atomic E-state index is 0.317. The maximum absolute atomic E-state index is 13.1. The van der Waals surface area contributed by atoms with Crippen molar-refractivity contribution in [1.29, 1.82) is 0 Å². The predicted octanol–water partition coefficient (Wildman–Crippen LogP) is 2.50. The van der Waals surface area contributed by atoms with Gasteiger partial charge in [-0.3, -0.25) is 14.6 Å². The highest BCUT2D eigenvalue weighted by molar-refractivity contribution is 5.83. The van der Waals surface area contributed by atoms with Gasteiger partial charge in [0.25, 0.3) is 5.56 Å². The Labute approximate surface area is 155 Å². The molecule has 2 heterocycles. The second-order valence-corrected chi connectivity index (χ2v) is 6.57. The van der Waals surface area contributed by atoms with Gasteiger partial charge in [0.1, 0.15) is 11.4 Å². The normalized spacial score (nSPS) is 11.2. The molecule has 0 aliphatic carbocycles. The average molecular weight is 366 g/mol. The first-order valence-electron chi connectivity index (χ1n) is 8.42. The molecule has 1 aromatic carbocycles. The number of aromatic nitrogens is 3. The van der Waals surface area contributed by atoms with Crippen molar-refractivity contribution in [2.75, 3.05) is 0 Å². The maximum Gasteiger partial charge on any atom is 0.267 e. The third-order valence-corrected chi connectivity index (χ3v) is 4.23. The Bertz CT molecular complexity index is 998. The summed E-state index contributed by atoms with van der Waals surface area (Å²) in [6.45, 7) is 3.56. The van der Waals surface area contributed by atoms with Gasteiger partial charge in [0.15, 0.2) is 0 Å². The Morgan fingerprint density at radius 3 is 2.41 bits per heavy atom. The molecule has 0 unspecified atom stereocenters. The minimum Gasteiger partial charge on any atom is -0.350 e. The topological polar surface area (TPSA) is 76.9 Å². The van der Waals surface area contributed by atoms with Crippen molar-refractivity contribution in [3.8, 4) is 11.3 Å². The highest BCUT2D eigenvalue weighted by atomic mass is 19.1. The summed E-state index contributed by atoms with van der Waals surface area (Å²) in [6, 6.07) is 12.3. The summed E-state index contributed by atoms with van der Waals surface area (Å²) >= 11 is 0. The van der Waals surface area contributed by atoms with Gasteiger partial charge < -0.3 is 5.32 Å². The number of nitrogens with zero attached hydrogens (tertiary/aromatic N) is 3. The lowest BCUT2D eigenvalue weighted by molar-refractivity contribution is -0.129. The van der Waals surface area contributed by atoms with Crippen LogP contribution in [0.4, 0.5) is 4.39 Å². The van der Waals surface area contributed by atoms with Crippen molar-refractivity contribution in [3.05, 3.63) is 82.7 Å². The zero-order valence-corrected chi connectivity index (χ0v) is 15.0. The first-order chi connectivity index (χ1) is 12.9. The van der Waals surface area contributed by atoms with E-state index in [0.29, 0.717) is 17.8 Å². The number of hydrogen-bond donors (Lipinski definition) is 1. The van der Waals surface area contributed by atoms with Crippen LogP contribution in [0.5, 0.6) is 0 Å². The van der Waals surface area contributed by atoms with Gasteiger partial charge in [-0.25, -0.2) is 9.07 Å². The van der Waals surface area contributed by atoms with Crippen LogP contribution in [0.3, 0.4) is 0 Å². The van der Waals surface area contributed by atoms with Crippen molar-refractivity contribution in [2.24, 2.45) is 0 Å². The third-order valence-electron chi connectivity index (χ3n) is 4.23. The van der Waals surface area contributed by atoms with Gasteiger partial charge in [-0.1, -0.05) is 0 Å². The smallest absolute Gasteiger partial charge is 0.267 e. The van der Waals surface area contributed by atoms with Gasteiger partial charge in [-0.05, 0) is 61.9 Å². The van der Waals surface area contributed by atoms with Gasteiger partial charge in [0, 0.05) is 30.6 Å². The van der Waals surface area contributed by atoms with E-state index in [9.17, 15) is 14.0 Å². The zero-order chi connectivity index (χ0) is 19.4. The molecule has 1 amide bonds. The second kappa shape index (κ2) is 7.49. The fraction of sp³-hybridized carbons (Fsp3) is 0.200. The van der Waals surface area contributed by atoms with Gasteiger partial charge >= 0.3 is 0 Å². The fourth-order valence-corrected chi connectivity index (χ4v) is 2.58. The average Bonchev–Trinajstić information content (AvgIpc) is 2.68. The fourth-order valence-electron chi connectivity index (χ4n) is 2.58. The number of nitrogens with one attached hydrogen (secondary N) is 1. The van der Waals surface area contributed by atoms with E-state index in [1.54, 1.807) is 56.6 Å². The van der Waals surface area contributed by atoms with Gasteiger partial charge in [0.2, 0.25) is 5.91 Å². The third kappa shape index (κ3) is 4.08. The van der Waals surface area contributed by atoms with Crippen LogP contribution in [-0.2, 0) is 16.9 Å². The summed E-state index contributed by atoms with van der Waals surface area (Å²) in [5, 5.41) is 7.15. The van der Waals surface area contributed by atoms with Crippen LogP contribution in [0.15, 0.2) is 65.7 Å². The Morgan fingerprint density at radius 2 is 1.74 bits per heavy atom. The van der Waals surface area contributed by atoms with Crippen LogP contribution < -0.4 is 10.9 Å². The number of pyridine rings is 1. The molecule has 0 aliphatic rings. The molecule has 6 nitrogen and oxygen atoms in total. The summed E-state index contributed by atoms with van der Waals surface area (Å²) in [6.07, 6.45) is 3.29. The molecule has 1 N–H and O–H groups in total. The largest absolute Gasteiger partial charge is 0.350 e. The Hall–Kier alpha value is -3.35. The van der Waals surface area contributed by atoms with Crippen molar-refractivity contribution in [3.63, 3.8) is 0 Å². The Balaban J connectivity index is 1.86. The lowest BCUT2D eigenvalue weighted by Crippen LogP contribution is -2.49. The molecule has 0 saturated carbocycles. The molecule has 0 fully saturated rings. The molecule has 0 saturated heterocycles.